The quantitative estimate of drug-likeness (QED) is 0.646. The number of allylic oxidation sites excluding steroid dienone is 1. The molecule has 1 saturated carbocycles. The van der Waals surface area contributed by atoms with Crippen LogP contribution >= 0.6 is 0 Å². The number of Topliss-reactive ketones (excluding diaryl/α,β-unsaturated/α-hetero) is 1. The molecule has 118 valence electrons. The lowest BCUT2D eigenvalue weighted by atomic mass is 9.76. The van der Waals surface area contributed by atoms with Gasteiger partial charge < -0.3 is 9.84 Å². The Morgan fingerprint density at radius 2 is 1.95 bits per heavy atom. The van der Waals surface area contributed by atoms with Gasteiger partial charge in [-0.3, -0.25) is 9.59 Å². The standard InChI is InChI=1S/C18H22O4/c1-17(2,16(21)18(3)9-10-18)15(20)8-6-12-5-7-13(19)14(11-12)22-4/h5-8,11,19H,9-10H2,1-4H3. The molecule has 4 heteroatoms. The van der Waals surface area contributed by atoms with Gasteiger partial charge in [0.15, 0.2) is 23.1 Å². The zero-order valence-corrected chi connectivity index (χ0v) is 13.5. The third kappa shape index (κ3) is 3.06. The van der Waals surface area contributed by atoms with Gasteiger partial charge in [-0.2, -0.15) is 0 Å². The molecule has 0 aromatic heterocycles. The maximum atomic E-state index is 12.4. The average molecular weight is 302 g/mol. The molecule has 0 aliphatic heterocycles. The second-order valence-corrected chi connectivity index (χ2v) is 6.64. The highest BCUT2D eigenvalue weighted by molar-refractivity contribution is 6.14. The number of aromatic hydroxyl groups is 1. The van der Waals surface area contributed by atoms with Crippen LogP contribution in [-0.4, -0.2) is 23.8 Å². The van der Waals surface area contributed by atoms with Gasteiger partial charge in [0.1, 0.15) is 0 Å². The molecular formula is C18H22O4. The van der Waals surface area contributed by atoms with E-state index in [1.807, 2.05) is 6.92 Å². The number of hydrogen-bond donors (Lipinski definition) is 1. The Labute approximate surface area is 130 Å². The number of phenols is 1. The second kappa shape index (κ2) is 5.59. The fourth-order valence-corrected chi connectivity index (χ4v) is 2.46. The smallest absolute Gasteiger partial charge is 0.168 e. The summed E-state index contributed by atoms with van der Waals surface area (Å²) in [6, 6.07) is 4.82. The summed E-state index contributed by atoms with van der Waals surface area (Å²) in [4.78, 5) is 24.8. The minimum atomic E-state index is -1.01. The monoisotopic (exact) mass is 302 g/mol. The zero-order chi connectivity index (χ0) is 16.5. The lowest BCUT2D eigenvalue weighted by molar-refractivity contribution is -0.139. The van der Waals surface area contributed by atoms with Crippen molar-refractivity contribution in [3.05, 3.63) is 29.8 Å². The maximum Gasteiger partial charge on any atom is 0.168 e. The van der Waals surface area contributed by atoms with E-state index in [9.17, 15) is 14.7 Å². The van der Waals surface area contributed by atoms with Crippen LogP contribution in [0.1, 0.15) is 39.2 Å². The summed E-state index contributed by atoms with van der Waals surface area (Å²) in [5, 5.41) is 9.55. The zero-order valence-electron chi connectivity index (χ0n) is 13.5. The van der Waals surface area contributed by atoms with Gasteiger partial charge in [0.2, 0.25) is 0 Å². The molecule has 1 fully saturated rings. The van der Waals surface area contributed by atoms with E-state index in [1.165, 1.54) is 19.3 Å². The van der Waals surface area contributed by atoms with Crippen molar-refractivity contribution in [2.45, 2.75) is 33.6 Å². The van der Waals surface area contributed by atoms with Crippen molar-refractivity contribution in [2.24, 2.45) is 10.8 Å². The number of carbonyl (C=O) groups excluding carboxylic acids is 2. The number of rotatable bonds is 6. The van der Waals surface area contributed by atoms with Gasteiger partial charge >= 0.3 is 0 Å². The minimum absolute atomic E-state index is 0.0120. The molecular weight excluding hydrogens is 280 g/mol. The normalized spacial score (nSPS) is 16.5. The van der Waals surface area contributed by atoms with Gasteiger partial charge in [0.25, 0.3) is 0 Å². The van der Waals surface area contributed by atoms with E-state index in [1.54, 1.807) is 32.1 Å². The van der Waals surface area contributed by atoms with E-state index in [0.717, 1.165) is 18.4 Å². The van der Waals surface area contributed by atoms with Crippen molar-refractivity contribution in [3.63, 3.8) is 0 Å². The highest BCUT2D eigenvalue weighted by Gasteiger charge is 2.52. The van der Waals surface area contributed by atoms with Crippen LogP contribution in [0.4, 0.5) is 0 Å². The molecule has 1 aliphatic rings. The van der Waals surface area contributed by atoms with E-state index in [0.29, 0.717) is 5.75 Å². The van der Waals surface area contributed by atoms with Gasteiger partial charge in [0.05, 0.1) is 12.5 Å². The summed E-state index contributed by atoms with van der Waals surface area (Å²) in [5.74, 6) is 0.189. The summed E-state index contributed by atoms with van der Waals surface area (Å²) in [5.41, 5.74) is -0.610. The Morgan fingerprint density at radius 3 is 2.50 bits per heavy atom. The minimum Gasteiger partial charge on any atom is -0.504 e. The number of ether oxygens (including phenoxy) is 1. The highest BCUT2D eigenvalue weighted by atomic mass is 16.5. The first-order valence-corrected chi connectivity index (χ1v) is 7.35. The molecule has 0 unspecified atom stereocenters. The largest absolute Gasteiger partial charge is 0.504 e. The predicted octanol–water partition coefficient (Wildman–Crippen LogP) is 3.38. The maximum absolute atomic E-state index is 12.4. The van der Waals surface area contributed by atoms with Crippen LogP contribution in [0.2, 0.25) is 0 Å². The number of hydrogen-bond acceptors (Lipinski definition) is 4. The number of ketones is 2. The first-order valence-electron chi connectivity index (χ1n) is 7.35. The fourth-order valence-electron chi connectivity index (χ4n) is 2.46. The number of methoxy groups -OCH3 is 1. The molecule has 0 amide bonds. The summed E-state index contributed by atoms with van der Waals surface area (Å²) in [7, 11) is 1.46. The lowest BCUT2D eigenvalue weighted by Gasteiger charge is -2.23. The van der Waals surface area contributed by atoms with Gasteiger partial charge in [-0.1, -0.05) is 19.1 Å². The van der Waals surface area contributed by atoms with Crippen LogP contribution in [0.25, 0.3) is 6.08 Å². The Kier molecular flexibility index (Phi) is 4.14. The van der Waals surface area contributed by atoms with E-state index < -0.39 is 5.41 Å². The third-order valence-corrected chi connectivity index (χ3v) is 4.36. The van der Waals surface area contributed by atoms with E-state index in [2.05, 4.69) is 0 Å². The Hall–Kier alpha value is -2.10. The molecule has 22 heavy (non-hydrogen) atoms. The van der Waals surface area contributed by atoms with Gasteiger partial charge in [-0.05, 0) is 50.5 Å². The molecule has 2 rings (SSSR count). The molecule has 0 radical (unpaired) electrons. The number of phenolic OH excluding ortho intramolecular Hbond substituents is 1. The number of carbonyl (C=O) groups is 2. The Morgan fingerprint density at radius 1 is 1.32 bits per heavy atom. The molecule has 1 aromatic carbocycles. The van der Waals surface area contributed by atoms with Crippen molar-refractivity contribution < 1.29 is 19.4 Å². The Bertz CT molecular complexity index is 636. The molecule has 1 aliphatic carbocycles. The van der Waals surface area contributed by atoms with Crippen molar-refractivity contribution in [3.8, 4) is 11.5 Å². The molecule has 0 heterocycles. The van der Waals surface area contributed by atoms with Crippen LogP contribution in [0.15, 0.2) is 24.3 Å². The summed E-state index contributed by atoms with van der Waals surface area (Å²) in [6.07, 6.45) is 4.78. The van der Waals surface area contributed by atoms with Crippen LogP contribution < -0.4 is 4.74 Å². The molecule has 0 bridgehead atoms. The van der Waals surface area contributed by atoms with Crippen LogP contribution in [0.5, 0.6) is 11.5 Å². The fraction of sp³-hybridized carbons (Fsp3) is 0.444. The third-order valence-electron chi connectivity index (χ3n) is 4.36. The molecule has 0 atom stereocenters. The second-order valence-electron chi connectivity index (χ2n) is 6.64. The lowest BCUT2D eigenvalue weighted by Crippen LogP contribution is -2.37. The summed E-state index contributed by atoms with van der Waals surface area (Å²) < 4.78 is 5.03. The molecule has 1 N–H and O–H groups in total. The number of benzene rings is 1. The summed E-state index contributed by atoms with van der Waals surface area (Å²) in [6.45, 7) is 5.28. The first kappa shape index (κ1) is 16.3. The van der Waals surface area contributed by atoms with Gasteiger partial charge in [-0.15, -0.1) is 0 Å². The molecule has 0 spiro atoms. The van der Waals surface area contributed by atoms with Crippen LogP contribution in [0.3, 0.4) is 0 Å². The Balaban J connectivity index is 2.15. The van der Waals surface area contributed by atoms with Gasteiger partial charge in [0, 0.05) is 5.41 Å². The average Bonchev–Trinajstić information content (AvgIpc) is 3.24. The molecule has 1 aromatic rings. The van der Waals surface area contributed by atoms with Crippen molar-refractivity contribution in [2.75, 3.05) is 7.11 Å². The van der Waals surface area contributed by atoms with Crippen molar-refractivity contribution in [1.82, 2.24) is 0 Å². The van der Waals surface area contributed by atoms with E-state index in [4.69, 9.17) is 4.74 Å². The SMILES string of the molecule is COc1cc(C=CC(=O)C(C)(C)C(=O)C2(C)CC2)ccc1O. The first-order chi connectivity index (χ1) is 10.2. The van der Waals surface area contributed by atoms with E-state index in [-0.39, 0.29) is 22.7 Å². The molecule has 4 nitrogen and oxygen atoms in total. The highest BCUT2D eigenvalue weighted by Crippen LogP contribution is 2.50. The van der Waals surface area contributed by atoms with Crippen LogP contribution in [0, 0.1) is 10.8 Å². The van der Waals surface area contributed by atoms with Crippen molar-refractivity contribution in [1.29, 1.82) is 0 Å². The van der Waals surface area contributed by atoms with Crippen LogP contribution in [-0.2, 0) is 9.59 Å². The summed E-state index contributed by atoms with van der Waals surface area (Å²) >= 11 is 0. The predicted molar refractivity (Wildman–Crippen MR) is 84.8 cm³/mol. The van der Waals surface area contributed by atoms with E-state index >= 15 is 0 Å². The molecule has 0 saturated heterocycles. The topological polar surface area (TPSA) is 63.6 Å². The van der Waals surface area contributed by atoms with Crippen molar-refractivity contribution >= 4 is 17.6 Å². The van der Waals surface area contributed by atoms with Gasteiger partial charge in [-0.25, -0.2) is 0 Å².